The van der Waals surface area contributed by atoms with Crippen molar-refractivity contribution in [2.24, 2.45) is 5.92 Å². The lowest BCUT2D eigenvalue weighted by molar-refractivity contribution is 0.0797. The van der Waals surface area contributed by atoms with Gasteiger partial charge in [-0.05, 0) is 81.2 Å². The van der Waals surface area contributed by atoms with Gasteiger partial charge in [-0.2, -0.15) is 5.26 Å². The SMILES string of the molecule is Cc1c(C(O)CN2C3CCC2[C@@H](O)C3)cc([C@@H](C)C2CCC2)n1-c1ccc(C#N)cc1. The number of benzene rings is 1. The first-order valence-corrected chi connectivity index (χ1v) is 11.8. The highest BCUT2D eigenvalue weighted by Gasteiger charge is 2.46. The average molecular weight is 420 g/mol. The molecule has 0 radical (unpaired) electrons. The number of aliphatic hydroxyl groups is 2. The molecule has 2 aromatic rings. The van der Waals surface area contributed by atoms with E-state index >= 15 is 0 Å². The molecule has 0 amide bonds. The minimum atomic E-state index is -0.569. The van der Waals surface area contributed by atoms with Gasteiger partial charge in [0, 0.05) is 41.3 Å². The Kier molecular flexibility index (Phi) is 5.42. The number of nitrogens with zero attached hydrogens (tertiary/aromatic N) is 3. The lowest BCUT2D eigenvalue weighted by Crippen LogP contribution is -2.35. The Bertz CT molecular complexity index is 985. The molecular weight excluding hydrogens is 386 g/mol. The molecule has 3 unspecified atom stereocenters. The van der Waals surface area contributed by atoms with E-state index in [-0.39, 0.29) is 12.1 Å². The fourth-order valence-corrected chi connectivity index (χ4v) is 6.18. The van der Waals surface area contributed by atoms with E-state index in [9.17, 15) is 15.5 Å². The molecule has 0 spiro atoms. The maximum Gasteiger partial charge on any atom is 0.0991 e. The summed E-state index contributed by atoms with van der Waals surface area (Å²) in [5, 5.41) is 30.8. The quantitative estimate of drug-likeness (QED) is 0.736. The van der Waals surface area contributed by atoms with Crippen LogP contribution in [0.15, 0.2) is 30.3 Å². The van der Waals surface area contributed by atoms with E-state index in [2.05, 4.69) is 35.5 Å². The molecule has 1 aromatic carbocycles. The molecule has 3 fully saturated rings. The summed E-state index contributed by atoms with van der Waals surface area (Å²) in [7, 11) is 0. The van der Waals surface area contributed by atoms with E-state index in [4.69, 9.17) is 0 Å². The third-order valence-corrected chi connectivity index (χ3v) is 8.28. The summed E-state index contributed by atoms with van der Waals surface area (Å²) in [5.41, 5.74) is 5.03. The molecule has 31 heavy (non-hydrogen) atoms. The number of nitriles is 1. The largest absolute Gasteiger partial charge is 0.391 e. The number of hydrogen-bond donors (Lipinski definition) is 2. The van der Waals surface area contributed by atoms with E-state index in [1.165, 1.54) is 25.0 Å². The number of aliphatic hydroxyl groups excluding tert-OH is 2. The zero-order valence-electron chi connectivity index (χ0n) is 18.5. The van der Waals surface area contributed by atoms with Gasteiger partial charge in [-0.1, -0.05) is 13.3 Å². The lowest BCUT2D eigenvalue weighted by atomic mass is 9.75. The number of rotatable bonds is 6. The molecule has 1 saturated carbocycles. The molecule has 5 heteroatoms. The smallest absolute Gasteiger partial charge is 0.0991 e. The van der Waals surface area contributed by atoms with Crippen LogP contribution in [0, 0.1) is 24.2 Å². The van der Waals surface area contributed by atoms with Crippen LogP contribution < -0.4 is 0 Å². The summed E-state index contributed by atoms with van der Waals surface area (Å²) < 4.78 is 2.29. The summed E-state index contributed by atoms with van der Waals surface area (Å²) >= 11 is 0. The van der Waals surface area contributed by atoms with E-state index in [0.29, 0.717) is 30.0 Å². The maximum atomic E-state index is 11.3. The van der Waals surface area contributed by atoms with Crippen molar-refractivity contribution in [1.82, 2.24) is 9.47 Å². The van der Waals surface area contributed by atoms with Gasteiger partial charge in [-0.3, -0.25) is 4.90 Å². The van der Waals surface area contributed by atoms with Crippen LogP contribution in [0.2, 0.25) is 0 Å². The van der Waals surface area contributed by atoms with Crippen molar-refractivity contribution < 1.29 is 10.2 Å². The van der Waals surface area contributed by atoms with E-state index in [0.717, 1.165) is 36.2 Å². The van der Waals surface area contributed by atoms with E-state index in [1.807, 2.05) is 24.3 Å². The van der Waals surface area contributed by atoms with Gasteiger partial charge >= 0.3 is 0 Å². The van der Waals surface area contributed by atoms with Crippen molar-refractivity contribution in [2.45, 2.75) is 82.6 Å². The summed E-state index contributed by atoms with van der Waals surface area (Å²) in [5.74, 6) is 1.12. The molecule has 3 aliphatic rings. The third-order valence-electron chi connectivity index (χ3n) is 8.28. The van der Waals surface area contributed by atoms with E-state index in [1.54, 1.807) is 0 Å². The van der Waals surface area contributed by atoms with Crippen LogP contribution in [-0.4, -0.2) is 44.4 Å². The topological polar surface area (TPSA) is 72.4 Å². The normalized spacial score (nSPS) is 27.8. The summed E-state index contributed by atoms with van der Waals surface area (Å²) in [6.45, 7) is 5.00. The second kappa shape index (κ2) is 8.09. The zero-order chi connectivity index (χ0) is 21.7. The number of hydrogen-bond acceptors (Lipinski definition) is 4. The van der Waals surface area contributed by atoms with Gasteiger partial charge in [0.25, 0.3) is 0 Å². The van der Waals surface area contributed by atoms with Gasteiger partial charge < -0.3 is 14.8 Å². The Morgan fingerprint density at radius 2 is 1.90 bits per heavy atom. The second-order valence-corrected chi connectivity index (χ2v) is 9.90. The van der Waals surface area contributed by atoms with Gasteiger partial charge in [-0.25, -0.2) is 0 Å². The van der Waals surface area contributed by atoms with Crippen molar-refractivity contribution in [2.75, 3.05) is 6.54 Å². The molecule has 2 aliphatic heterocycles. The third kappa shape index (κ3) is 3.51. The molecule has 5 atom stereocenters. The Hall–Kier alpha value is -2.13. The van der Waals surface area contributed by atoms with Crippen molar-refractivity contribution in [3.05, 3.63) is 52.8 Å². The maximum absolute atomic E-state index is 11.3. The Morgan fingerprint density at radius 1 is 1.16 bits per heavy atom. The first-order chi connectivity index (χ1) is 15.0. The van der Waals surface area contributed by atoms with Crippen LogP contribution in [0.4, 0.5) is 0 Å². The fraction of sp³-hybridized carbons (Fsp3) is 0.577. The minimum absolute atomic E-state index is 0.203. The van der Waals surface area contributed by atoms with Gasteiger partial charge in [0.1, 0.15) is 0 Å². The summed E-state index contributed by atoms with van der Waals surface area (Å²) in [6, 6.07) is 12.8. The van der Waals surface area contributed by atoms with Gasteiger partial charge in [-0.15, -0.1) is 0 Å². The Morgan fingerprint density at radius 3 is 2.45 bits per heavy atom. The predicted molar refractivity (Wildman–Crippen MR) is 120 cm³/mol. The highest BCUT2D eigenvalue weighted by Crippen LogP contribution is 2.43. The standard InChI is InChI=1S/C26H33N3O2/c1-16(19-4-3-5-19)24-13-22(17(2)29(24)20-8-6-18(14-27)7-9-20)26(31)15-28-21-10-11-23(28)25(30)12-21/h6-9,13,16,19,21,23,25-26,30-31H,3-5,10-12,15H2,1-2H3/t16-,21?,23?,25-,26?/m0/s1. The highest BCUT2D eigenvalue weighted by molar-refractivity contribution is 5.46. The molecule has 1 aliphatic carbocycles. The molecule has 1 aromatic heterocycles. The van der Waals surface area contributed by atoms with Crippen LogP contribution in [0.5, 0.6) is 0 Å². The molecular formula is C26H33N3O2. The fourth-order valence-electron chi connectivity index (χ4n) is 6.18. The molecule has 2 saturated heterocycles. The van der Waals surface area contributed by atoms with Crippen LogP contribution in [-0.2, 0) is 0 Å². The molecule has 2 bridgehead atoms. The predicted octanol–water partition coefficient (Wildman–Crippen LogP) is 4.19. The molecule has 3 heterocycles. The molecule has 5 nitrogen and oxygen atoms in total. The summed E-state index contributed by atoms with van der Waals surface area (Å²) in [6.07, 6.45) is 6.03. The number of aromatic nitrogens is 1. The molecule has 2 N–H and O–H groups in total. The van der Waals surface area contributed by atoms with Crippen LogP contribution in [0.1, 0.15) is 80.0 Å². The van der Waals surface area contributed by atoms with Crippen LogP contribution in [0.25, 0.3) is 5.69 Å². The highest BCUT2D eigenvalue weighted by atomic mass is 16.3. The minimum Gasteiger partial charge on any atom is -0.391 e. The Labute approximate surface area is 184 Å². The number of fused-ring (bicyclic) bond motifs is 2. The van der Waals surface area contributed by atoms with Crippen molar-refractivity contribution in [1.29, 1.82) is 5.26 Å². The molecule has 5 rings (SSSR count). The molecule has 164 valence electrons. The monoisotopic (exact) mass is 419 g/mol. The van der Waals surface area contributed by atoms with Crippen LogP contribution in [0.3, 0.4) is 0 Å². The van der Waals surface area contributed by atoms with Gasteiger partial charge in [0.15, 0.2) is 0 Å². The van der Waals surface area contributed by atoms with Crippen molar-refractivity contribution >= 4 is 0 Å². The second-order valence-electron chi connectivity index (χ2n) is 9.90. The van der Waals surface area contributed by atoms with Crippen molar-refractivity contribution in [3.8, 4) is 11.8 Å². The lowest BCUT2D eigenvalue weighted by Gasteiger charge is -2.32. The first-order valence-electron chi connectivity index (χ1n) is 11.8. The van der Waals surface area contributed by atoms with Crippen LogP contribution >= 0.6 is 0 Å². The Balaban J connectivity index is 1.48. The summed E-state index contributed by atoms with van der Waals surface area (Å²) in [4.78, 5) is 2.34. The van der Waals surface area contributed by atoms with Gasteiger partial charge in [0.2, 0.25) is 0 Å². The first kappa shape index (κ1) is 20.8. The average Bonchev–Trinajstić information content (AvgIpc) is 3.36. The van der Waals surface area contributed by atoms with Crippen molar-refractivity contribution in [3.63, 3.8) is 0 Å². The zero-order valence-corrected chi connectivity index (χ0v) is 18.5. The van der Waals surface area contributed by atoms with E-state index < -0.39 is 6.10 Å². The van der Waals surface area contributed by atoms with Gasteiger partial charge in [0.05, 0.1) is 23.8 Å².